The van der Waals surface area contributed by atoms with Crippen LogP contribution in [0.3, 0.4) is 0 Å². The molecule has 27 heavy (non-hydrogen) atoms. The molecule has 148 valence electrons. The minimum absolute atomic E-state index is 0.0308. The second kappa shape index (κ2) is 9.01. The average molecular weight is 386 g/mol. The third-order valence-electron chi connectivity index (χ3n) is 3.91. The molecule has 2 N–H and O–H groups in total. The highest BCUT2D eigenvalue weighted by atomic mass is 19.4. The molecule has 1 aliphatic heterocycles. The number of carbonyl (C=O) groups is 2. The molecule has 0 saturated carbocycles. The van der Waals surface area contributed by atoms with E-state index in [4.69, 9.17) is 9.47 Å². The van der Waals surface area contributed by atoms with Gasteiger partial charge in [-0.2, -0.15) is 13.2 Å². The van der Waals surface area contributed by atoms with Crippen LogP contribution in [0.2, 0.25) is 0 Å². The number of halogens is 3. The fourth-order valence-corrected chi connectivity index (χ4v) is 2.50. The van der Waals surface area contributed by atoms with Crippen molar-refractivity contribution in [2.24, 2.45) is 0 Å². The summed E-state index contributed by atoms with van der Waals surface area (Å²) in [5, 5.41) is 4.62. The van der Waals surface area contributed by atoms with Gasteiger partial charge in [0.1, 0.15) is 12.2 Å². The highest BCUT2D eigenvalue weighted by molar-refractivity contribution is 5.97. The molecule has 0 spiro atoms. The SMILES string of the molecule is C=CCOC(C)C(=O)Nc1ccc(NC(=O)C2CCCO2)cc1C(F)(F)F. The summed E-state index contributed by atoms with van der Waals surface area (Å²) in [6.07, 6.45) is -3.67. The number of carbonyl (C=O) groups excluding carboxylic acids is 2. The lowest BCUT2D eigenvalue weighted by molar-refractivity contribution is -0.137. The van der Waals surface area contributed by atoms with E-state index >= 15 is 0 Å². The van der Waals surface area contributed by atoms with Crippen molar-refractivity contribution < 1.29 is 32.2 Å². The van der Waals surface area contributed by atoms with Crippen molar-refractivity contribution in [2.45, 2.75) is 38.1 Å². The quantitative estimate of drug-likeness (QED) is 0.705. The average Bonchev–Trinajstić information content (AvgIpc) is 3.14. The van der Waals surface area contributed by atoms with E-state index in [0.29, 0.717) is 13.0 Å². The summed E-state index contributed by atoms with van der Waals surface area (Å²) in [4.78, 5) is 24.0. The molecule has 1 aromatic rings. The van der Waals surface area contributed by atoms with Crippen molar-refractivity contribution in [3.8, 4) is 0 Å². The molecule has 0 aliphatic carbocycles. The van der Waals surface area contributed by atoms with Crippen molar-refractivity contribution in [1.82, 2.24) is 0 Å². The normalized spacial score (nSPS) is 18.0. The van der Waals surface area contributed by atoms with Gasteiger partial charge in [0.2, 0.25) is 0 Å². The van der Waals surface area contributed by atoms with Crippen LogP contribution in [-0.4, -0.2) is 37.2 Å². The van der Waals surface area contributed by atoms with E-state index < -0.39 is 41.4 Å². The van der Waals surface area contributed by atoms with Crippen molar-refractivity contribution in [2.75, 3.05) is 23.8 Å². The third kappa shape index (κ3) is 5.80. The molecule has 1 aliphatic rings. The third-order valence-corrected chi connectivity index (χ3v) is 3.91. The van der Waals surface area contributed by atoms with Gasteiger partial charge in [-0.15, -0.1) is 6.58 Å². The van der Waals surface area contributed by atoms with Gasteiger partial charge < -0.3 is 20.1 Å². The number of nitrogens with one attached hydrogen (secondary N) is 2. The van der Waals surface area contributed by atoms with Gasteiger partial charge in [-0.1, -0.05) is 6.08 Å². The summed E-state index contributed by atoms with van der Waals surface area (Å²) in [7, 11) is 0. The molecule has 2 unspecified atom stereocenters. The number of ether oxygens (including phenoxy) is 2. The summed E-state index contributed by atoms with van der Waals surface area (Å²) in [5.74, 6) is -1.22. The Labute approximate surface area is 154 Å². The van der Waals surface area contributed by atoms with Crippen LogP contribution in [0.1, 0.15) is 25.3 Å². The number of alkyl halides is 3. The molecule has 0 bridgehead atoms. The smallest absolute Gasteiger partial charge is 0.368 e. The van der Waals surface area contributed by atoms with Gasteiger partial charge in [-0.25, -0.2) is 0 Å². The predicted octanol–water partition coefficient (Wildman–Crippen LogP) is 3.35. The first-order valence-electron chi connectivity index (χ1n) is 8.39. The van der Waals surface area contributed by atoms with Crippen LogP contribution in [-0.2, 0) is 25.2 Å². The topological polar surface area (TPSA) is 76.7 Å². The minimum Gasteiger partial charge on any atom is -0.368 e. The summed E-state index contributed by atoms with van der Waals surface area (Å²) >= 11 is 0. The first kappa shape index (κ1) is 20.9. The molecule has 2 rings (SSSR count). The van der Waals surface area contributed by atoms with Crippen molar-refractivity contribution in [3.05, 3.63) is 36.4 Å². The second-order valence-electron chi connectivity index (χ2n) is 6.00. The van der Waals surface area contributed by atoms with Crippen LogP contribution in [0.5, 0.6) is 0 Å². The van der Waals surface area contributed by atoms with E-state index in [2.05, 4.69) is 17.2 Å². The summed E-state index contributed by atoms with van der Waals surface area (Å²) in [6, 6.07) is 3.15. The van der Waals surface area contributed by atoms with Gasteiger partial charge >= 0.3 is 6.18 Å². The lowest BCUT2D eigenvalue weighted by atomic mass is 10.1. The molecule has 9 heteroatoms. The molecular formula is C18H21F3N2O4. The maximum Gasteiger partial charge on any atom is 0.418 e. The Kier molecular flexibility index (Phi) is 6.98. The molecule has 0 radical (unpaired) electrons. The summed E-state index contributed by atoms with van der Waals surface area (Å²) in [6.45, 7) is 5.39. The number of rotatable bonds is 7. The van der Waals surface area contributed by atoms with Gasteiger partial charge in [0, 0.05) is 12.3 Å². The standard InChI is InChI=1S/C18H21F3N2O4/c1-3-8-26-11(2)16(24)23-14-7-6-12(10-13(14)18(19,20)21)22-17(25)15-5-4-9-27-15/h3,6-7,10-11,15H,1,4-5,8-9H2,2H3,(H,22,25)(H,23,24). The molecule has 2 amide bonds. The Morgan fingerprint density at radius 2 is 2.15 bits per heavy atom. The number of hydrogen-bond donors (Lipinski definition) is 2. The molecule has 0 aromatic heterocycles. The lowest BCUT2D eigenvalue weighted by Gasteiger charge is -2.18. The Morgan fingerprint density at radius 3 is 2.74 bits per heavy atom. The van der Waals surface area contributed by atoms with Crippen LogP contribution in [0, 0.1) is 0 Å². The summed E-state index contributed by atoms with van der Waals surface area (Å²) in [5.41, 5.74) is -1.52. The maximum atomic E-state index is 13.4. The highest BCUT2D eigenvalue weighted by Gasteiger charge is 2.35. The largest absolute Gasteiger partial charge is 0.418 e. The maximum absolute atomic E-state index is 13.4. The fraction of sp³-hybridized carbons (Fsp3) is 0.444. The van der Waals surface area contributed by atoms with E-state index in [1.165, 1.54) is 19.1 Å². The van der Waals surface area contributed by atoms with Gasteiger partial charge in [-0.3, -0.25) is 9.59 Å². The van der Waals surface area contributed by atoms with E-state index in [1.54, 1.807) is 0 Å². The molecule has 2 atom stereocenters. The van der Waals surface area contributed by atoms with Gasteiger partial charge in [0.15, 0.2) is 0 Å². The highest BCUT2D eigenvalue weighted by Crippen LogP contribution is 2.36. The van der Waals surface area contributed by atoms with Crippen LogP contribution >= 0.6 is 0 Å². The number of benzene rings is 1. The van der Waals surface area contributed by atoms with E-state index in [9.17, 15) is 22.8 Å². The Balaban J connectivity index is 2.16. The summed E-state index contributed by atoms with van der Waals surface area (Å²) < 4.78 is 50.5. The van der Waals surface area contributed by atoms with Gasteiger partial charge in [0.25, 0.3) is 11.8 Å². The zero-order chi connectivity index (χ0) is 20.0. The van der Waals surface area contributed by atoms with Crippen LogP contribution in [0.25, 0.3) is 0 Å². The van der Waals surface area contributed by atoms with Crippen molar-refractivity contribution >= 4 is 23.2 Å². The first-order valence-corrected chi connectivity index (χ1v) is 8.39. The monoisotopic (exact) mass is 386 g/mol. The van der Waals surface area contributed by atoms with Crippen LogP contribution in [0.4, 0.5) is 24.5 Å². The Bertz CT molecular complexity index is 700. The Hall–Kier alpha value is -2.39. The molecule has 1 saturated heterocycles. The van der Waals surface area contributed by atoms with E-state index in [-0.39, 0.29) is 12.3 Å². The number of amides is 2. The van der Waals surface area contributed by atoms with Crippen LogP contribution < -0.4 is 10.6 Å². The molecule has 1 aromatic carbocycles. The predicted molar refractivity (Wildman–Crippen MR) is 93.3 cm³/mol. The lowest BCUT2D eigenvalue weighted by Crippen LogP contribution is -2.29. The molecule has 1 fully saturated rings. The minimum atomic E-state index is -4.72. The molecular weight excluding hydrogens is 365 g/mol. The first-order chi connectivity index (χ1) is 12.7. The zero-order valence-corrected chi connectivity index (χ0v) is 14.8. The fourth-order valence-electron chi connectivity index (χ4n) is 2.50. The van der Waals surface area contributed by atoms with E-state index in [1.807, 2.05) is 0 Å². The van der Waals surface area contributed by atoms with E-state index in [0.717, 1.165) is 18.6 Å². The number of hydrogen-bond acceptors (Lipinski definition) is 4. The van der Waals surface area contributed by atoms with Crippen molar-refractivity contribution in [3.63, 3.8) is 0 Å². The molecule has 1 heterocycles. The zero-order valence-electron chi connectivity index (χ0n) is 14.8. The Morgan fingerprint density at radius 1 is 1.41 bits per heavy atom. The van der Waals surface area contributed by atoms with Gasteiger partial charge in [-0.05, 0) is 38.0 Å². The number of anilines is 2. The van der Waals surface area contributed by atoms with Crippen LogP contribution in [0.15, 0.2) is 30.9 Å². The second-order valence-corrected chi connectivity index (χ2v) is 6.00. The van der Waals surface area contributed by atoms with Crippen molar-refractivity contribution in [1.29, 1.82) is 0 Å². The molecule has 6 nitrogen and oxygen atoms in total. The van der Waals surface area contributed by atoms with Gasteiger partial charge in [0.05, 0.1) is 17.9 Å².